The van der Waals surface area contributed by atoms with Gasteiger partial charge in [-0.2, -0.15) is 0 Å². The van der Waals surface area contributed by atoms with Gasteiger partial charge in [0.05, 0.1) is 5.02 Å². The summed E-state index contributed by atoms with van der Waals surface area (Å²) in [7, 11) is 1.69. The number of hydrogen-bond acceptors (Lipinski definition) is 4. The number of nitrogens with zero attached hydrogens (tertiary/aromatic N) is 4. The number of aromatic nitrogens is 2. The van der Waals surface area contributed by atoms with Crippen LogP contribution in [0.5, 0.6) is 0 Å². The summed E-state index contributed by atoms with van der Waals surface area (Å²) in [6.07, 6.45) is 2.45. The number of anilines is 1. The Labute approximate surface area is 151 Å². The van der Waals surface area contributed by atoms with E-state index in [1.54, 1.807) is 30.3 Å². The Balaban J connectivity index is 1.75. The van der Waals surface area contributed by atoms with Gasteiger partial charge in [0.1, 0.15) is 11.4 Å². The Bertz CT molecular complexity index is 832. The number of carbonyl (C=O) groups is 1. The van der Waals surface area contributed by atoms with E-state index < -0.39 is 0 Å². The molecule has 1 fully saturated rings. The average molecular weight is 361 g/mol. The summed E-state index contributed by atoms with van der Waals surface area (Å²) in [5, 5.41) is 0.602. The van der Waals surface area contributed by atoms with Gasteiger partial charge in [0, 0.05) is 45.1 Å². The zero-order valence-corrected chi connectivity index (χ0v) is 15.2. The largest absolute Gasteiger partial charge is 0.355 e. The molecule has 132 valence electrons. The lowest BCUT2D eigenvalue weighted by Crippen LogP contribution is -2.39. The first kappa shape index (κ1) is 17.5. The van der Waals surface area contributed by atoms with Gasteiger partial charge in [0.2, 0.25) is 0 Å². The van der Waals surface area contributed by atoms with Crippen molar-refractivity contribution in [2.24, 2.45) is 7.05 Å². The van der Waals surface area contributed by atoms with Crippen LogP contribution in [0, 0.1) is 6.92 Å². The highest BCUT2D eigenvalue weighted by atomic mass is 35.5. The van der Waals surface area contributed by atoms with E-state index in [0.717, 1.165) is 24.5 Å². The van der Waals surface area contributed by atoms with Crippen LogP contribution in [0.15, 0.2) is 35.3 Å². The second kappa shape index (κ2) is 7.27. The van der Waals surface area contributed by atoms with Crippen LogP contribution in [-0.4, -0.2) is 46.5 Å². The molecule has 1 amide bonds. The minimum atomic E-state index is -0.245. The summed E-state index contributed by atoms with van der Waals surface area (Å²) < 4.78 is 1.51. The van der Waals surface area contributed by atoms with Crippen molar-refractivity contribution in [2.45, 2.75) is 13.3 Å². The molecule has 0 spiro atoms. The maximum absolute atomic E-state index is 12.8. The molecule has 0 saturated carbocycles. The van der Waals surface area contributed by atoms with Gasteiger partial charge < -0.3 is 14.4 Å². The minimum absolute atomic E-state index is 0.202. The van der Waals surface area contributed by atoms with E-state index in [2.05, 4.69) is 9.88 Å². The van der Waals surface area contributed by atoms with E-state index in [-0.39, 0.29) is 17.0 Å². The summed E-state index contributed by atoms with van der Waals surface area (Å²) >= 11 is 5.89. The monoisotopic (exact) mass is 360 g/mol. The van der Waals surface area contributed by atoms with Gasteiger partial charge in [-0.25, -0.2) is 4.98 Å². The highest BCUT2D eigenvalue weighted by Gasteiger charge is 2.23. The van der Waals surface area contributed by atoms with E-state index in [1.807, 2.05) is 19.1 Å². The van der Waals surface area contributed by atoms with Crippen LogP contribution < -0.4 is 10.5 Å². The standard InChI is InChI=1S/C18H21ClN4O2/c1-13-4-6-15(17(24)21(13)2)18(25)23-9-3-8-22(10-11-23)16-7-5-14(19)12-20-16/h4-7,12H,3,8-11H2,1-2H3. The predicted molar refractivity (Wildman–Crippen MR) is 98.4 cm³/mol. The van der Waals surface area contributed by atoms with Gasteiger partial charge in [-0.05, 0) is 37.6 Å². The number of rotatable bonds is 2. The Kier molecular flexibility index (Phi) is 5.08. The third-order valence-corrected chi connectivity index (χ3v) is 4.83. The second-order valence-electron chi connectivity index (χ2n) is 6.22. The maximum Gasteiger partial charge on any atom is 0.263 e. The fraction of sp³-hybridized carbons (Fsp3) is 0.389. The fourth-order valence-electron chi connectivity index (χ4n) is 2.97. The van der Waals surface area contributed by atoms with Crippen molar-refractivity contribution < 1.29 is 4.79 Å². The summed E-state index contributed by atoms with van der Waals surface area (Å²) in [4.78, 5) is 33.4. The number of aryl methyl sites for hydroxylation is 1. The lowest BCUT2D eigenvalue weighted by Gasteiger charge is -2.23. The summed E-state index contributed by atoms with van der Waals surface area (Å²) in [5.41, 5.74) is 0.814. The Morgan fingerprint density at radius 1 is 1.12 bits per heavy atom. The van der Waals surface area contributed by atoms with Crippen molar-refractivity contribution >= 4 is 23.3 Å². The molecule has 0 unspecified atom stereocenters. The highest BCUT2D eigenvalue weighted by Crippen LogP contribution is 2.17. The fourth-order valence-corrected chi connectivity index (χ4v) is 3.08. The number of carbonyl (C=O) groups excluding carboxylic acids is 1. The van der Waals surface area contributed by atoms with Crippen molar-refractivity contribution in [1.29, 1.82) is 0 Å². The molecular formula is C18H21ClN4O2. The van der Waals surface area contributed by atoms with Gasteiger partial charge in [0.25, 0.3) is 11.5 Å². The van der Waals surface area contributed by atoms with Crippen LogP contribution in [0.2, 0.25) is 5.02 Å². The van der Waals surface area contributed by atoms with Gasteiger partial charge >= 0.3 is 0 Å². The lowest BCUT2D eigenvalue weighted by atomic mass is 10.2. The summed E-state index contributed by atoms with van der Waals surface area (Å²) in [6.45, 7) is 4.51. The SMILES string of the molecule is Cc1ccc(C(=O)N2CCCN(c3ccc(Cl)cn3)CC2)c(=O)n1C. The Hall–Kier alpha value is -2.34. The molecule has 0 bridgehead atoms. The maximum atomic E-state index is 12.8. The molecule has 0 radical (unpaired) electrons. The molecule has 2 aromatic rings. The van der Waals surface area contributed by atoms with E-state index >= 15 is 0 Å². The van der Waals surface area contributed by atoms with Gasteiger partial charge in [-0.15, -0.1) is 0 Å². The van der Waals surface area contributed by atoms with Crippen molar-refractivity contribution in [3.63, 3.8) is 0 Å². The van der Waals surface area contributed by atoms with Crippen molar-refractivity contribution in [3.8, 4) is 0 Å². The van der Waals surface area contributed by atoms with Gasteiger partial charge in [-0.1, -0.05) is 11.6 Å². The first-order valence-electron chi connectivity index (χ1n) is 8.30. The molecule has 25 heavy (non-hydrogen) atoms. The molecule has 0 aliphatic carbocycles. The first-order chi connectivity index (χ1) is 12.0. The van der Waals surface area contributed by atoms with Gasteiger partial charge in [0.15, 0.2) is 0 Å². The quantitative estimate of drug-likeness (QED) is 0.823. The van der Waals surface area contributed by atoms with Crippen LogP contribution in [0.4, 0.5) is 5.82 Å². The van der Waals surface area contributed by atoms with E-state index in [9.17, 15) is 9.59 Å². The van der Waals surface area contributed by atoms with Crippen LogP contribution >= 0.6 is 11.6 Å². The van der Waals surface area contributed by atoms with Crippen LogP contribution in [-0.2, 0) is 7.05 Å². The lowest BCUT2D eigenvalue weighted by molar-refractivity contribution is 0.0764. The normalized spacial score (nSPS) is 15.2. The van der Waals surface area contributed by atoms with Crippen LogP contribution in [0.1, 0.15) is 22.5 Å². The van der Waals surface area contributed by atoms with Crippen LogP contribution in [0.25, 0.3) is 0 Å². The van der Waals surface area contributed by atoms with E-state index in [1.165, 1.54) is 4.57 Å². The zero-order chi connectivity index (χ0) is 18.0. The molecule has 2 aromatic heterocycles. The Morgan fingerprint density at radius 2 is 1.92 bits per heavy atom. The number of amides is 1. The third-order valence-electron chi connectivity index (χ3n) is 4.60. The molecule has 3 rings (SSSR count). The minimum Gasteiger partial charge on any atom is -0.355 e. The predicted octanol–water partition coefficient (Wildman–Crippen LogP) is 2.09. The molecule has 1 saturated heterocycles. The number of pyridine rings is 2. The highest BCUT2D eigenvalue weighted by molar-refractivity contribution is 6.30. The first-order valence-corrected chi connectivity index (χ1v) is 8.67. The summed E-state index contributed by atoms with van der Waals surface area (Å²) in [6, 6.07) is 7.13. The third kappa shape index (κ3) is 3.69. The molecule has 1 aliphatic heterocycles. The smallest absolute Gasteiger partial charge is 0.263 e. The molecule has 0 atom stereocenters. The summed E-state index contributed by atoms with van der Waals surface area (Å²) in [5.74, 6) is 0.650. The molecule has 7 heteroatoms. The van der Waals surface area contributed by atoms with Crippen LogP contribution in [0.3, 0.4) is 0 Å². The molecule has 6 nitrogen and oxygen atoms in total. The van der Waals surface area contributed by atoms with Crippen molar-refractivity contribution in [3.05, 3.63) is 57.1 Å². The second-order valence-corrected chi connectivity index (χ2v) is 6.66. The van der Waals surface area contributed by atoms with Gasteiger partial charge in [-0.3, -0.25) is 9.59 Å². The van der Waals surface area contributed by atoms with Crippen molar-refractivity contribution in [2.75, 3.05) is 31.1 Å². The number of halogens is 1. The molecule has 3 heterocycles. The molecular weight excluding hydrogens is 340 g/mol. The average Bonchev–Trinajstić information content (AvgIpc) is 2.86. The molecule has 0 aromatic carbocycles. The van der Waals surface area contributed by atoms with Crippen molar-refractivity contribution in [1.82, 2.24) is 14.5 Å². The number of hydrogen-bond donors (Lipinski definition) is 0. The Morgan fingerprint density at radius 3 is 2.64 bits per heavy atom. The van der Waals surface area contributed by atoms with E-state index in [0.29, 0.717) is 24.7 Å². The topological polar surface area (TPSA) is 58.4 Å². The van der Waals surface area contributed by atoms with E-state index in [4.69, 9.17) is 11.6 Å². The molecule has 1 aliphatic rings. The molecule has 0 N–H and O–H groups in total. The zero-order valence-electron chi connectivity index (χ0n) is 14.4.